The number of nitrogens with zero attached hydrogens (tertiary/aromatic N) is 2. The van der Waals surface area contributed by atoms with Gasteiger partial charge >= 0.3 is 0 Å². The summed E-state index contributed by atoms with van der Waals surface area (Å²) in [5.41, 5.74) is 0.212. The number of hydrogen-bond donors (Lipinski definition) is 1. The van der Waals surface area contributed by atoms with Gasteiger partial charge in [-0.1, -0.05) is 30.7 Å². The normalized spacial score (nSPS) is 12.6. The summed E-state index contributed by atoms with van der Waals surface area (Å²) in [5, 5.41) is 3.06. The minimum absolute atomic E-state index is 0.0177. The van der Waals surface area contributed by atoms with Gasteiger partial charge in [0, 0.05) is 12.1 Å². The Hall–Kier alpha value is -2.85. The number of rotatable bonds is 10. The van der Waals surface area contributed by atoms with Gasteiger partial charge in [0.2, 0.25) is 21.8 Å². The zero-order valence-electron chi connectivity index (χ0n) is 21.3. The number of sulfonamides is 1. The van der Waals surface area contributed by atoms with Crippen molar-refractivity contribution in [3.8, 4) is 5.75 Å². The molecule has 1 atom stereocenters. The van der Waals surface area contributed by atoms with Crippen LogP contribution in [-0.2, 0) is 26.2 Å². The number of methoxy groups -OCH3 is 1. The molecule has 0 spiro atoms. The van der Waals surface area contributed by atoms with E-state index in [2.05, 4.69) is 5.32 Å². The number of amides is 2. The summed E-state index contributed by atoms with van der Waals surface area (Å²) in [5.74, 6) is -1.07. The van der Waals surface area contributed by atoms with Gasteiger partial charge in [-0.25, -0.2) is 12.8 Å². The lowest BCUT2D eigenvalue weighted by molar-refractivity contribution is -0.141. The predicted octanol–water partition coefficient (Wildman–Crippen LogP) is 3.98. The Morgan fingerprint density at radius 1 is 1.14 bits per heavy atom. The third-order valence-electron chi connectivity index (χ3n) is 5.25. The summed E-state index contributed by atoms with van der Waals surface area (Å²) in [6, 6.07) is 9.04. The Labute approximate surface area is 217 Å². The Morgan fingerprint density at radius 2 is 1.75 bits per heavy atom. The maximum Gasteiger partial charge on any atom is 0.244 e. The molecule has 0 unspecified atom stereocenters. The number of anilines is 1. The van der Waals surface area contributed by atoms with Crippen molar-refractivity contribution in [3.63, 3.8) is 0 Å². The number of nitrogens with one attached hydrogen (secondary N) is 1. The maximum atomic E-state index is 13.6. The van der Waals surface area contributed by atoms with Gasteiger partial charge in [-0.15, -0.1) is 0 Å². The second-order valence-corrected chi connectivity index (χ2v) is 11.7. The van der Waals surface area contributed by atoms with Gasteiger partial charge in [-0.3, -0.25) is 13.9 Å². The van der Waals surface area contributed by atoms with Gasteiger partial charge < -0.3 is 15.0 Å². The van der Waals surface area contributed by atoms with Gasteiger partial charge in [0.1, 0.15) is 24.2 Å². The van der Waals surface area contributed by atoms with Crippen LogP contribution in [0.5, 0.6) is 5.75 Å². The van der Waals surface area contributed by atoms with Crippen LogP contribution in [-0.4, -0.2) is 56.6 Å². The molecule has 0 aliphatic rings. The number of ether oxygens (including phenoxy) is 1. The van der Waals surface area contributed by atoms with E-state index >= 15 is 0 Å². The lowest BCUT2D eigenvalue weighted by atomic mass is 10.1. The molecular formula is C25H33ClFN3O5S. The summed E-state index contributed by atoms with van der Waals surface area (Å²) in [6.45, 7) is 6.64. The van der Waals surface area contributed by atoms with Crippen LogP contribution in [0.1, 0.15) is 39.7 Å². The minimum atomic E-state index is -3.91. The van der Waals surface area contributed by atoms with Crippen LogP contribution >= 0.6 is 11.6 Å². The van der Waals surface area contributed by atoms with Crippen molar-refractivity contribution in [1.82, 2.24) is 10.2 Å². The first-order valence-electron chi connectivity index (χ1n) is 11.3. The first-order valence-corrected chi connectivity index (χ1v) is 13.6. The van der Waals surface area contributed by atoms with Crippen LogP contribution in [0.15, 0.2) is 42.5 Å². The van der Waals surface area contributed by atoms with Crippen molar-refractivity contribution in [2.45, 2.75) is 52.2 Å². The second-order valence-electron chi connectivity index (χ2n) is 9.40. The first kappa shape index (κ1) is 29.4. The predicted molar refractivity (Wildman–Crippen MR) is 139 cm³/mol. The summed E-state index contributed by atoms with van der Waals surface area (Å²) < 4.78 is 44.9. The smallest absolute Gasteiger partial charge is 0.244 e. The van der Waals surface area contributed by atoms with Crippen molar-refractivity contribution < 1.29 is 27.1 Å². The molecule has 198 valence electrons. The fourth-order valence-electron chi connectivity index (χ4n) is 3.58. The third kappa shape index (κ3) is 8.09. The fourth-order valence-corrected chi connectivity index (χ4v) is 4.68. The van der Waals surface area contributed by atoms with Crippen molar-refractivity contribution in [2.24, 2.45) is 0 Å². The molecule has 0 aromatic heterocycles. The van der Waals surface area contributed by atoms with E-state index in [4.69, 9.17) is 16.3 Å². The molecule has 11 heteroatoms. The Balaban J connectivity index is 2.47. The van der Waals surface area contributed by atoms with E-state index in [-0.39, 0.29) is 29.6 Å². The largest absolute Gasteiger partial charge is 0.495 e. The molecule has 0 radical (unpaired) electrons. The van der Waals surface area contributed by atoms with E-state index in [1.807, 2.05) is 20.8 Å². The highest BCUT2D eigenvalue weighted by Gasteiger charge is 2.33. The molecule has 0 saturated carbocycles. The number of halogens is 2. The number of hydrogen-bond acceptors (Lipinski definition) is 5. The van der Waals surface area contributed by atoms with Gasteiger partial charge in [-0.2, -0.15) is 0 Å². The first-order chi connectivity index (χ1) is 16.7. The zero-order valence-corrected chi connectivity index (χ0v) is 22.9. The van der Waals surface area contributed by atoms with Crippen molar-refractivity contribution >= 4 is 39.1 Å². The van der Waals surface area contributed by atoms with Crippen molar-refractivity contribution in [3.05, 3.63) is 58.9 Å². The Kier molecular flexibility index (Phi) is 9.73. The van der Waals surface area contributed by atoms with Crippen molar-refractivity contribution in [2.75, 3.05) is 24.2 Å². The highest BCUT2D eigenvalue weighted by molar-refractivity contribution is 7.92. The number of carbonyl (C=O) groups is 2. The summed E-state index contributed by atoms with van der Waals surface area (Å²) in [6.07, 6.45) is 1.26. The summed E-state index contributed by atoms with van der Waals surface area (Å²) in [7, 11) is -2.48. The molecule has 2 aromatic rings. The standard InChI is InChI=1S/C25H33ClFN3O5S/c1-7-21(24(32)28-25(2,3)4)29(15-17-8-10-18(27)11-9-17)23(31)16-30(36(6,33)34)19-12-13-22(35-5)20(26)14-19/h8-14,21H,7,15-16H2,1-6H3,(H,28,32)/t21-/m0/s1. The zero-order chi connectivity index (χ0) is 27.3. The van der Waals surface area contributed by atoms with E-state index in [9.17, 15) is 22.4 Å². The average molecular weight is 542 g/mol. The molecule has 36 heavy (non-hydrogen) atoms. The molecule has 0 aliphatic carbocycles. The lowest BCUT2D eigenvalue weighted by Gasteiger charge is -2.34. The molecular weight excluding hydrogens is 509 g/mol. The molecule has 0 bridgehead atoms. The minimum Gasteiger partial charge on any atom is -0.495 e. The van der Waals surface area contributed by atoms with E-state index in [0.717, 1.165) is 10.6 Å². The molecule has 1 N–H and O–H groups in total. The van der Waals surface area contributed by atoms with E-state index < -0.39 is 39.9 Å². The highest BCUT2D eigenvalue weighted by atomic mass is 35.5. The van der Waals surface area contributed by atoms with Crippen LogP contribution < -0.4 is 14.4 Å². The monoisotopic (exact) mass is 541 g/mol. The van der Waals surface area contributed by atoms with Gasteiger partial charge in [0.15, 0.2) is 0 Å². The van der Waals surface area contributed by atoms with Crippen LogP contribution in [0.25, 0.3) is 0 Å². The summed E-state index contributed by atoms with van der Waals surface area (Å²) >= 11 is 6.19. The highest BCUT2D eigenvalue weighted by Crippen LogP contribution is 2.30. The van der Waals surface area contributed by atoms with Crippen LogP contribution in [0.2, 0.25) is 5.02 Å². The van der Waals surface area contributed by atoms with Crippen LogP contribution in [0.4, 0.5) is 10.1 Å². The molecule has 0 fully saturated rings. The van der Waals surface area contributed by atoms with E-state index in [1.54, 1.807) is 6.92 Å². The quantitative estimate of drug-likeness (QED) is 0.491. The molecule has 8 nitrogen and oxygen atoms in total. The Bertz CT molecular complexity index is 1180. The average Bonchev–Trinajstić information content (AvgIpc) is 2.76. The SMILES string of the molecule is CC[C@@H](C(=O)NC(C)(C)C)N(Cc1ccc(F)cc1)C(=O)CN(c1ccc(OC)c(Cl)c1)S(C)(=O)=O. The molecule has 0 aliphatic heterocycles. The molecule has 0 saturated heterocycles. The maximum absolute atomic E-state index is 13.6. The van der Waals surface area contributed by atoms with E-state index in [1.165, 1.54) is 54.5 Å². The molecule has 2 rings (SSSR count). The topological polar surface area (TPSA) is 96.0 Å². The van der Waals surface area contributed by atoms with Gasteiger partial charge in [0.05, 0.1) is 24.1 Å². The van der Waals surface area contributed by atoms with Gasteiger partial charge in [0.25, 0.3) is 0 Å². The molecule has 2 aromatic carbocycles. The number of benzene rings is 2. The Morgan fingerprint density at radius 3 is 2.22 bits per heavy atom. The fraction of sp³-hybridized carbons (Fsp3) is 0.440. The molecule has 2 amide bonds. The lowest BCUT2D eigenvalue weighted by Crippen LogP contribution is -2.55. The van der Waals surface area contributed by atoms with E-state index in [0.29, 0.717) is 11.3 Å². The third-order valence-corrected chi connectivity index (χ3v) is 6.69. The van der Waals surface area contributed by atoms with Gasteiger partial charge in [-0.05, 0) is 63.1 Å². The van der Waals surface area contributed by atoms with Crippen LogP contribution in [0.3, 0.4) is 0 Å². The molecule has 0 heterocycles. The van der Waals surface area contributed by atoms with Crippen molar-refractivity contribution in [1.29, 1.82) is 0 Å². The number of carbonyl (C=O) groups excluding carboxylic acids is 2. The van der Waals surface area contributed by atoms with Crippen LogP contribution in [0, 0.1) is 5.82 Å². The summed E-state index contributed by atoms with van der Waals surface area (Å²) in [4.78, 5) is 28.1. The second kappa shape index (κ2) is 11.9.